The van der Waals surface area contributed by atoms with E-state index in [2.05, 4.69) is 31.9 Å². The van der Waals surface area contributed by atoms with Crippen LogP contribution in [0.1, 0.15) is 19.3 Å². The molecule has 0 aromatic heterocycles. The van der Waals surface area contributed by atoms with Crippen molar-refractivity contribution in [3.8, 4) is 0 Å². The van der Waals surface area contributed by atoms with Crippen LogP contribution < -0.4 is 0 Å². The van der Waals surface area contributed by atoms with Crippen LogP contribution in [0.5, 0.6) is 0 Å². The van der Waals surface area contributed by atoms with Crippen LogP contribution in [0, 0.1) is 0 Å². The first-order chi connectivity index (χ1) is 3.84. The first kappa shape index (κ1) is 6.81. The van der Waals surface area contributed by atoms with Gasteiger partial charge in [-0.05, 0) is 19.3 Å². The predicted octanol–water partition coefficient (Wildman–Crippen LogP) is 3.21. The highest BCUT2D eigenvalue weighted by molar-refractivity contribution is 9.13. The highest BCUT2D eigenvalue weighted by Crippen LogP contribution is 2.31. The predicted molar refractivity (Wildman–Crippen MR) is 43.6 cm³/mol. The second-order valence-corrected chi connectivity index (χ2v) is 3.51. The SMILES string of the molecule is BrCC(Br)=C1CCC1. The fraction of sp³-hybridized carbons (Fsp3) is 0.667. The van der Waals surface area contributed by atoms with Crippen molar-refractivity contribution in [3.05, 3.63) is 10.1 Å². The summed E-state index contributed by atoms with van der Waals surface area (Å²) in [5.41, 5.74) is 1.60. The van der Waals surface area contributed by atoms with Gasteiger partial charge in [0.05, 0.1) is 0 Å². The zero-order valence-corrected chi connectivity index (χ0v) is 7.76. The molecule has 1 rings (SSSR count). The minimum atomic E-state index is 0.988. The lowest BCUT2D eigenvalue weighted by atomic mass is 9.93. The van der Waals surface area contributed by atoms with Crippen LogP contribution in [0.2, 0.25) is 0 Å². The fourth-order valence-corrected chi connectivity index (χ4v) is 1.51. The van der Waals surface area contributed by atoms with Crippen LogP contribution in [-0.2, 0) is 0 Å². The molecule has 0 radical (unpaired) electrons. The Balaban J connectivity index is 2.47. The van der Waals surface area contributed by atoms with Crippen molar-refractivity contribution < 1.29 is 0 Å². The molecule has 8 heavy (non-hydrogen) atoms. The third kappa shape index (κ3) is 1.35. The van der Waals surface area contributed by atoms with Gasteiger partial charge >= 0.3 is 0 Å². The van der Waals surface area contributed by atoms with Gasteiger partial charge in [0.15, 0.2) is 0 Å². The molecule has 0 aliphatic heterocycles. The molecule has 1 aliphatic rings. The van der Waals surface area contributed by atoms with Crippen molar-refractivity contribution in [1.29, 1.82) is 0 Å². The number of hydrogen-bond donors (Lipinski definition) is 0. The zero-order valence-electron chi connectivity index (χ0n) is 4.58. The molecule has 0 aromatic carbocycles. The van der Waals surface area contributed by atoms with Crippen LogP contribution in [0.25, 0.3) is 0 Å². The number of halogens is 2. The van der Waals surface area contributed by atoms with E-state index in [9.17, 15) is 0 Å². The van der Waals surface area contributed by atoms with Crippen LogP contribution in [-0.4, -0.2) is 5.33 Å². The first-order valence-electron chi connectivity index (χ1n) is 2.77. The summed E-state index contributed by atoms with van der Waals surface area (Å²) >= 11 is 6.87. The van der Waals surface area contributed by atoms with E-state index in [1.807, 2.05) is 0 Å². The van der Waals surface area contributed by atoms with Crippen molar-refractivity contribution in [3.63, 3.8) is 0 Å². The molecule has 0 atom stereocenters. The lowest BCUT2D eigenvalue weighted by Crippen LogP contribution is -1.98. The summed E-state index contributed by atoms with van der Waals surface area (Å²) in [7, 11) is 0. The van der Waals surface area contributed by atoms with Crippen molar-refractivity contribution >= 4 is 31.9 Å². The van der Waals surface area contributed by atoms with E-state index in [0.717, 1.165) is 5.33 Å². The molecule has 0 amide bonds. The third-order valence-corrected chi connectivity index (χ3v) is 3.61. The van der Waals surface area contributed by atoms with Crippen molar-refractivity contribution in [2.45, 2.75) is 19.3 Å². The van der Waals surface area contributed by atoms with Gasteiger partial charge in [0.25, 0.3) is 0 Å². The number of rotatable bonds is 1. The Hall–Kier alpha value is 0.700. The molecule has 0 heterocycles. The Kier molecular flexibility index (Phi) is 2.57. The molecule has 2 heteroatoms. The maximum atomic E-state index is 3.49. The van der Waals surface area contributed by atoms with Gasteiger partial charge in [-0.25, -0.2) is 0 Å². The van der Waals surface area contributed by atoms with Crippen molar-refractivity contribution in [2.75, 3.05) is 5.33 Å². The topological polar surface area (TPSA) is 0 Å². The van der Waals surface area contributed by atoms with Gasteiger partial charge in [-0.15, -0.1) is 0 Å². The van der Waals surface area contributed by atoms with Gasteiger partial charge < -0.3 is 0 Å². The van der Waals surface area contributed by atoms with Gasteiger partial charge in [0.1, 0.15) is 0 Å². The second-order valence-electron chi connectivity index (χ2n) is 2.00. The molecule has 0 spiro atoms. The smallest absolute Gasteiger partial charge is 0.0348 e. The average molecular weight is 240 g/mol. The summed E-state index contributed by atoms with van der Waals surface area (Å²) in [5, 5.41) is 0.988. The summed E-state index contributed by atoms with van der Waals surface area (Å²) in [6, 6.07) is 0. The molecule has 0 saturated heterocycles. The molecule has 0 N–H and O–H groups in total. The van der Waals surface area contributed by atoms with Gasteiger partial charge in [-0.1, -0.05) is 37.4 Å². The molecule has 1 fully saturated rings. The Morgan fingerprint density at radius 2 is 2.12 bits per heavy atom. The molecule has 0 unspecified atom stereocenters. The van der Waals surface area contributed by atoms with Crippen LogP contribution >= 0.6 is 31.9 Å². The Labute approximate surface area is 66.6 Å². The molecule has 1 saturated carbocycles. The molecule has 1 aliphatic carbocycles. The van der Waals surface area contributed by atoms with E-state index in [0.29, 0.717) is 0 Å². The zero-order chi connectivity index (χ0) is 5.98. The Morgan fingerprint density at radius 1 is 1.50 bits per heavy atom. The Bertz CT molecular complexity index is 104. The summed E-state index contributed by atoms with van der Waals surface area (Å²) in [6.45, 7) is 0. The highest BCUT2D eigenvalue weighted by Gasteiger charge is 2.10. The van der Waals surface area contributed by atoms with E-state index in [1.54, 1.807) is 5.57 Å². The molecular weight excluding hydrogens is 232 g/mol. The molecule has 0 bridgehead atoms. The Morgan fingerprint density at radius 3 is 2.25 bits per heavy atom. The van der Waals surface area contributed by atoms with Gasteiger partial charge in [0, 0.05) is 9.81 Å². The average Bonchev–Trinajstić information content (AvgIpc) is 1.62. The fourth-order valence-electron chi connectivity index (χ4n) is 0.719. The maximum absolute atomic E-state index is 3.49. The molecular formula is C6H8Br2. The number of alkyl halides is 1. The normalized spacial score (nSPS) is 18.0. The van der Waals surface area contributed by atoms with Crippen molar-refractivity contribution in [1.82, 2.24) is 0 Å². The lowest BCUT2D eigenvalue weighted by molar-refractivity contribution is 0.659. The van der Waals surface area contributed by atoms with Crippen LogP contribution in [0.3, 0.4) is 0 Å². The summed E-state index contributed by atoms with van der Waals surface area (Å²) in [5.74, 6) is 0. The summed E-state index contributed by atoms with van der Waals surface area (Å²) in [4.78, 5) is 0. The van der Waals surface area contributed by atoms with E-state index in [1.165, 1.54) is 23.7 Å². The highest BCUT2D eigenvalue weighted by atomic mass is 79.9. The molecule has 46 valence electrons. The molecule has 0 aromatic rings. The van der Waals surface area contributed by atoms with E-state index < -0.39 is 0 Å². The lowest BCUT2D eigenvalue weighted by Gasteiger charge is -2.17. The summed E-state index contributed by atoms with van der Waals surface area (Å²) < 4.78 is 1.36. The van der Waals surface area contributed by atoms with E-state index in [-0.39, 0.29) is 0 Å². The quantitative estimate of drug-likeness (QED) is 0.617. The van der Waals surface area contributed by atoms with Crippen LogP contribution in [0.4, 0.5) is 0 Å². The van der Waals surface area contributed by atoms with Crippen molar-refractivity contribution in [2.24, 2.45) is 0 Å². The third-order valence-electron chi connectivity index (χ3n) is 1.46. The van der Waals surface area contributed by atoms with E-state index >= 15 is 0 Å². The van der Waals surface area contributed by atoms with Gasteiger partial charge in [-0.2, -0.15) is 0 Å². The number of hydrogen-bond acceptors (Lipinski definition) is 0. The number of allylic oxidation sites excluding steroid dienone is 2. The van der Waals surface area contributed by atoms with Gasteiger partial charge in [0.2, 0.25) is 0 Å². The van der Waals surface area contributed by atoms with Gasteiger partial charge in [-0.3, -0.25) is 0 Å². The second kappa shape index (κ2) is 3.02. The molecule has 0 nitrogen and oxygen atoms in total. The standard InChI is InChI=1S/C6H8Br2/c7-4-6(8)5-2-1-3-5/h1-4H2. The van der Waals surface area contributed by atoms with Crippen LogP contribution in [0.15, 0.2) is 10.1 Å². The minimum absolute atomic E-state index is 0.988. The summed E-state index contributed by atoms with van der Waals surface area (Å²) in [6.07, 6.45) is 4.01. The van der Waals surface area contributed by atoms with E-state index in [4.69, 9.17) is 0 Å². The largest absolute Gasteiger partial charge is 0.0870 e. The first-order valence-corrected chi connectivity index (χ1v) is 4.68. The minimum Gasteiger partial charge on any atom is -0.0870 e. The monoisotopic (exact) mass is 238 g/mol. The maximum Gasteiger partial charge on any atom is 0.0348 e.